The van der Waals surface area contributed by atoms with Gasteiger partial charge in [-0.2, -0.15) is 0 Å². The van der Waals surface area contributed by atoms with E-state index in [1.165, 1.54) is 11.3 Å². The molecule has 0 aliphatic rings. The Bertz CT molecular complexity index is 318. The fraction of sp³-hybridized carbons (Fsp3) is 0.500. The van der Waals surface area contributed by atoms with Crippen LogP contribution in [0.15, 0.2) is 0 Å². The molecule has 0 saturated carbocycles. The Morgan fingerprint density at radius 1 is 1.64 bits per heavy atom. The molecular weight excluding hydrogens is 249 g/mol. The van der Waals surface area contributed by atoms with E-state index in [2.05, 4.69) is 15.5 Å². The van der Waals surface area contributed by atoms with Crippen LogP contribution in [0.2, 0.25) is 0 Å². The van der Waals surface area contributed by atoms with Crippen LogP contribution in [0.1, 0.15) is 5.01 Å². The minimum Gasteiger partial charge on any atom is -0.377 e. The number of methoxy groups -OCH3 is 1. The molecule has 1 heterocycles. The molecule has 0 atom stereocenters. The zero-order chi connectivity index (χ0) is 10.6. The van der Waals surface area contributed by atoms with Gasteiger partial charge >= 0.3 is 0 Å². The molecule has 1 aromatic rings. The summed E-state index contributed by atoms with van der Waals surface area (Å²) in [7, 11) is 1.55. The number of alkyl halides is 2. The average molecular weight is 256 g/mol. The van der Waals surface area contributed by atoms with Crippen molar-refractivity contribution in [2.75, 3.05) is 12.4 Å². The zero-order valence-electron chi connectivity index (χ0n) is 7.16. The maximum atomic E-state index is 11.0. The number of carbonyl (C=O) groups excluding carboxylic acids is 1. The molecule has 5 nitrogen and oxygen atoms in total. The Kier molecular flexibility index (Phi) is 4.53. The van der Waals surface area contributed by atoms with Crippen molar-refractivity contribution in [3.05, 3.63) is 5.01 Å². The van der Waals surface area contributed by atoms with Gasteiger partial charge in [0.25, 0.3) is 5.91 Å². The fourth-order valence-electron chi connectivity index (χ4n) is 0.646. The molecule has 0 aromatic carbocycles. The van der Waals surface area contributed by atoms with Gasteiger partial charge in [0.05, 0.1) is 0 Å². The summed E-state index contributed by atoms with van der Waals surface area (Å²) in [5.41, 5.74) is 0. The third-order valence-corrected chi connectivity index (χ3v) is 2.37. The Hall–Kier alpha value is -0.430. The van der Waals surface area contributed by atoms with Gasteiger partial charge in [-0.15, -0.1) is 10.2 Å². The van der Waals surface area contributed by atoms with Gasteiger partial charge in [0, 0.05) is 7.11 Å². The van der Waals surface area contributed by atoms with Crippen LogP contribution in [-0.2, 0) is 16.1 Å². The van der Waals surface area contributed by atoms with Gasteiger partial charge in [-0.1, -0.05) is 34.5 Å². The maximum Gasteiger partial charge on any atom is 0.259 e. The van der Waals surface area contributed by atoms with Crippen molar-refractivity contribution in [3.8, 4) is 0 Å². The Balaban J connectivity index is 2.55. The van der Waals surface area contributed by atoms with Gasteiger partial charge in [-0.05, 0) is 0 Å². The number of ether oxygens (including phenoxy) is 1. The van der Waals surface area contributed by atoms with E-state index in [0.29, 0.717) is 16.7 Å². The van der Waals surface area contributed by atoms with Crippen LogP contribution < -0.4 is 5.32 Å². The quantitative estimate of drug-likeness (QED) is 0.827. The topological polar surface area (TPSA) is 64.1 Å². The highest BCUT2D eigenvalue weighted by Gasteiger charge is 2.13. The van der Waals surface area contributed by atoms with Crippen LogP contribution >= 0.6 is 34.5 Å². The number of anilines is 1. The van der Waals surface area contributed by atoms with Crippen molar-refractivity contribution in [1.82, 2.24) is 10.2 Å². The molecule has 14 heavy (non-hydrogen) atoms. The lowest BCUT2D eigenvalue weighted by Gasteiger charge is -1.98. The maximum absolute atomic E-state index is 11.0. The molecule has 0 aliphatic carbocycles. The second-order valence-electron chi connectivity index (χ2n) is 2.22. The Morgan fingerprint density at radius 3 is 2.93 bits per heavy atom. The largest absolute Gasteiger partial charge is 0.377 e. The van der Waals surface area contributed by atoms with Crippen molar-refractivity contribution in [2.24, 2.45) is 0 Å². The lowest BCUT2D eigenvalue weighted by atomic mass is 10.7. The van der Waals surface area contributed by atoms with E-state index in [4.69, 9.17) is 27.9 Å². The minimum atomic E-state index is -1.11. The Morgan fingerprint density at radius 2 is 2.36 bits per heavy atom. The summed E-state index contributed by atoms with van der Waals surface area (Å²) in [6.45, 7) is 0.360. The number of aromatic nitrogens is 2. The first-order chi connectivity index (χ1) is 6.63. The first-order valence-corrected chi connectivity index (χ1v) is 5.22. The number of rotatable bonds is 4. The van der Waals surface area contributed by atoms with Crippen molar-refractivity contribution in [2.45, 2.75) is 11.4 Å². The third-order valence-electron chi connectivity index (χ3n) is 1.16. The van der Waals surface area contributed by atoms with Gasteiger partial charge < -0.3 is 4.74 Å². The molecule has 78 valence electrons. The predicted octanol–water partition coefficient (Wildman–Crippen LogP) is 1.43. The molecule has 0 unspecified atom stereocenters. The monoisotopic (exact) mass is 255 g/mol. The lowest BCUT2D eigenvalue weighted by Crippen LogP contribution is -2.18. The van der Waals surface area contributed by atoms with E-state index in [1.54, 1.807) is 7.11 Å². The Labute approximate surface area is 94.4 Å². The highest BCUT2D eigenvalue weighted by Crippen LogP contribution is 2.16. The molecule has 0 aliphatic heterocycles. The average Bonchev–Trinajstić information content (AvgIpc) is 2.53. The normalized spacial score (nSPS) is 10.6. The fourth-order valence-corrected chi connectivity index (χ4v) is 1.47. The van der Waals surface area contributed by atoms with Crippen LogP contribution in [0.4, 0.5) is 5.13 Å². The summed E-state index contributed by atoms with van der Waals surface area (Å²) >= 11 is 11.9. The summed E-state index contributed by atoms with van der Waals surface area (Å²) in [5.74, 6) is -0.520. The summed E-state index contributed by atoms with van der Waals surface area (Å²) < 4.78 is 4.84. The van der Waals surface area contributed by atoms with Gasteiger partial charge in [-0.3, -0.25) is 10.1 Å². The summed E-state index contributed by atoms with van der Waals surface area (Å²) in [6.07, 6.45) is 0. The smallest absolute Gasteiger partial charge is 0.259 e. The van der Waals surface area contributed by atoms with Gasteiger partial charge in [0.1, 0.15) is 11.6 Å². The molecule has 0 saturated heterocycles. The van der Waals surface area contributed by atoms with Crippen LogP contribution in [-0.4, -0.2) is 28.1 Å². The molecule has 0 radical (unpaired) electrons. The number of halogens is 2. The van der Waals surface area contributed by atoms with E-state index >= 15 is 0 Å². The molecule has 0 fully saturated rings. The number of hydrogen-bond donors (Lipinski definition) is 1. The van der Waals surface area contributed by atoms with Gasteiger partial charge in [0.2, 0.25) is 5.13 Å². The molecule has 1 aromatic heterocycles. The SMILES string of the molecule is COCc1nnc(NC(=O)C(Cl)Cl)s1. The van der Waals surface area contributed by atoms with Crippen molar-refractivity contribution in [1.29, 1.82) is 0 Å². The number of amides is 1. The van der Waals surface area contributed by atoms with Gasteiger partial charge in [0.15, 0.2) is 4.84 Å². The molecule has 1 rings (SSSR count). The third kappa shape index (κ3) is 3.38. The van der Waals surface area contributed by atoms with Crippen molar-refractivity contribution >= 4 is 45.6 Å². The standard InChI is InChI=1S/C6H7Cl2N3O2S/c1-13-2-3-10-11-6(14-3)9-5(12)4(7)8/h4H,2H2,1H3,(H,9,11,12). The first-order valence-electron chi connectivity index (χ1n) is 3.54. The minimum absolute atomic E-state index is 0.355. The van der Waals surface area contributed by atoms with Crippen LogP contribution in [0.25, 0.3) is 0 Å². The van der Waals surface area contributed by atoms with Crippen molar-refractivity contribution < 1.29 is 9.53 Å². The first kappa shape index (κ1) is 11.6. The highest BCUT2D eigenvalue weighted by atomic mass is 35.5. The highest BCUT2D eigenvalue weighted by molar-refractivity contribution is 7.15. The van der Waals surface area contributed by atoms with Gasteiger partial charge in [-0.25, -0.2) is 0 Å². The van der Waals surface area contributed by atoms with Crippen LogP contribution in [0.3, 0.4) is 0 Å². The van der Waals surface area contributed by atoms with E-state index in [1.807, 2.05) is 0 Å². The predicted molar refractivity (Wildman–Crippen MR) is 54.7 cm³/mol. The number of carbonyl (C=O) groups is 1. The molecule has 1 N–H and O–H groups in total. The lowest BCUT2D eigenvalue weighted by molar-refractivity contribution is -0.114. The summed E-state index contributed by atoms with van der Waals surface area (Å²) in [4.78, 5) is 9.91. The van der Waals surface area contributed by atoms with E-state index in [9.17, 15) is 4.79 Å². The molecule has 1 amide bonds. The molecule has 8 heteroatoms. The number of nitrogens with zero attached hydrogens (tertiary/aromatic N) is 2. The van der Waals surface area contributed by atoms with Crippen LogP contribution in [0, 0.1) is 0 Å². The van der Waals surface area contributed by atoms with E-state index < -0.39 is 10.7 Å². The molecule has 0 spiro atoms. The summed E-state index contributed by atoms with van der Waals surface area (Å²) in [6, 6.07) is 0. The van der Waals surface area contributed by atoms with Crippen LogP contribution in [0.5, 0.6) is 0 Å². The second kappa shape index (κ2) is 5.45. The zero-order valence-corrected chi connectivity index (χ0v) is 9.49. The molecular formula is C6H7Cl2N3O2S. The second-order valence-corrected chi connectivity index (χ2v) is 4.38. The van der Waals surface area contributed by atoms with Crippen molar-refractivity contribution in [3.63, 3.8) is 0 Å². The molecule has 0 bridgehead atoms. The van der Waals surface area contributed by atoms with E-state index in [-0.39, 0.29) is 0 Å². The number of hydrogen-bond acceptors (Lipinski definition) is 5. The number of nitrogens with one attached hydrogen (secondary N) is 1. The summed E-state index contributed by atoms with van der Waals surface area (Å²) in [5, 5.41) is 10.9. The van der Waals surface area contributed by atoms with E-state index in [0.717, 1.165) is 0 Å².